The van der Waals surface area contributed by atoms with Gasteiger partial charge < -0.3 is 4.74 Å². The van der Waals surface area contributed by atoms with E-state index >= 15 is 0 Å². The van der Waals surface area contributed by atoms with E-state index in [-0.39, 0.29) is 17.9 Å². The topological polar surface area (TPSA) is 61.4 Å². The second kappa shape index (κ2) is 5.66. The van der Waals surface area contributed by atoms with Gasteiger partial charge in [-0.3, -0.25) is 13.8 Å². The molecule has 0 atom stereocenters. The van der Waals surface area contributed by atoms with Crippen LogP contribution in [0, 0.1) is 11.6 Å². The predicted molar refractivity (Wildman–Crippen MR) is 86.4 cm³/mol. The molecule has 0 aliphatic heterocycles. The summed E-state index contributed by atoms with van der Waals surface area (Å²) < 4.78 is 35.2. The average molecular weight is 342 g/mol. The number of aromatic nitrogens is 4. The van der Waals surface area contributed by atoms with E-state index in [1.165, 1.54) is 10.6 Å². The lowest BCUT2D eigenvalue weighted by molar-refractivity contribution is 0.279. The van der Waals surface area contributed by atoms with Crippen LogP contribution in [-0.4, -0.2) is 19.2 Å². The van der Waals surface area contributed by atoms with Gasteiger partial charge >= 0.3 is 0 Å². The number of benzene rings is 2. The normalized spacial score (nSPS) is 11.3. The van der Waals surface area contributed by atoms with Crippen LogP contribution in [0.2, 0.25) is 0 Å². The number of rotatable bonds is 3. The fourth-order valence-electron chi connectivity index (χ4n) is 2.72. The Morgan fingerprint density at radius 3 is 2.72 bits per heavy atom. The molecule has 2 aromatic carbocycles. The molecule has 0 aliphatic rings. The maximum absolute atomic E-state index is 13.7. The van der Waals surface area contributed by atoms with Gasteiger partial charge in [0.1, 0.15) is 12.4 Å². The minimum atomic E-state index is -0.800. The third kappa shape index (κ3) is 2.42. The number of ether oxygens (including phenoxy) is 1. The maximum atomic E-state index is 13.7. The Bertz CT molecular complexity index is 1170. The monoisotopic (exact) mass is 342 g/mol. The first-order chi connectivity index (χ1) is 12.1. The van der Waals surface area contributed by atoms with Gasteiger partial charge in [0.2, 0.25) is 5.78 Å². The summed E-state index contributed by atoms with van der Waals surface area (Å²) in [5.41, 5.74) is 0.441. The average Bonchev–Trinajstić information content (AvgIpc) is 3.03. The molecule has 0 amide bonds. The van der Waals surface area contributed by atoms with E-state index in [4.69, 9.17) is 4.74 Å². The number of aryl methyl sites for hydroxylation is 1. The minimum Gasteiger partial charge on any atom is -0.483 e. The molecule has 2 heterocycles. The van der Waals surface area contributed by atoms with Crippen molar-refractivity contribution in [2.24, 2.45) is 7.05 Å². The Morgan fingerprint density at radius 2 is 1.92 bits per heavy atom. The van der Waals surface area contributed by atoms with Crippen molar-refractivity contribution in [2.45, 2.75) is 6.61 Å². The van der Waals surface area contributed by atoms with Crippen LogP contribution in [0.15, 0.2) is 47.3 Å². The molecule has 0 saturated heterocycles. The fraction of sp³-hybridized carbons (Fsp3) is 0.118. The number of halogens is 2. The summed E-state index contributed by atoms with van der Waals surface area (Å²) in [6.07, 6.45) is 0. The van der Waals surface area contributed by atoms with E-state index in [9.17, 15) is 13.6 Å². The van der Waals surface area contributed by atoms with Crippen molar-refractivity contribution in [3.63, 3.8) is 0 Å². The molecular weight excluding hydrogens is 330 g/mol. The molecule has 8 heteroatoms. The van der Waals surface area contributed by atoms with Crippen LogP contribution in [0.5, 0.6) is 5.75 Å². The van der Waals surface area contributed by atoms with E-state index in [1.54, 1.807) is 35.7 Å². The van der Waals surface area contributed by atoms with E-state index in [1.807, 2.05) is 0 Å². The summed E-state index contributed by atoms with van der Waals surface area (Å²) in [6, 6.07) is 10.1. The zero-order chi connectivity index (χ0) is 17.6. The van der Waals surface area contributed by atoms with Gasteiger partial charge in [0.05, 0.1) is 10.9 Å². The van der Waals surface area contributed by atoms with Crippen LogP contribution < -0.4 is 10.3 Å². The van der Waals surface area contributed by atoms with Gasteiger partial charge in [-0.15, -0.1) is 10.2 Å². The highest BCUT2D eigenvalue weighted by molar-refractivity contribution is 5.80. The van der Waals surface area contributed by atoms with Crippen molar-refractivity contribution < 1.29 is 13.5 Å². The van der Waals surface area contributed by atoms with Crippen LogP contribution in [-0.2, 0) is 13.7 Å². The molecule has 25 heavy (non-hydrogen) atoms. The molecule has 4 rings (SSSR count). The first kappa shape index (κ1) is 15.3. The van der Waals surface area contributed by atoms with E-state index in [0.29, 0.717) is 22.5 Å². The van der Waals surface area contributed by atoms with Crippen molar-refractivity contribution in [2.75, 3.05) is 0 Å². The Labute approximate surface area is 139 Å². The highest BCUT2D eigenvalue weighted by Gasteiger charge is 2.15. The van der Waals surface area contributed by atoms with Gasteiger partial charge in [-0.25, -0.2) is 8.78 Å². The minimum absolute atomic E-state index is 0.0905. The number of hydrogen-bond donors (Lipinski definition) is 0. The highest BCUT2D eigenvalue weighted by atomic mass is 19.1. The van der Waals surface area contributed by atoms with E-state index < -0.39 is 11.6 Å². The quantitative estimate of drug-likeness (QED) is 0.574. The Morgan fingerprint density at radius 1 is 1.12 bits per heavy atom. The second-order valence-corrected chi connectivity index (χ2v) is 5.50. The molecule has 0 fully saturated rings. The van der Waals surface area contributed by atoms with Crippen molar-refractivity contribution in [3.05, 3.63) is 70.3 Å². The first-order valence-electron chi connectivity index (χ1n) is 7.46. The number of hydrogen-bond acceptors (Lipinski definition) is 4. The van der Waals surface area contributed by atoms with Gasteiger partial charge in [-0.1, -0.05) is 12.1 Å². The van der Waals surface area contributed by atoms with Gasteiger partial charge in [0, 0.05) is 13.1 Å². The lowest BCUT2D eigenvalue weighted by atomic mass is 10.2. The summed E-state index contributed by atoms with van der Waals surface area (Å²) in [5, 5.41) is 8.57. The standard InChI is InChI=1S/C17H12F2N4O2/c1-22-16(24)11-4-2-3-5-13(11)23-15(20-21-17(22)23)9-25-14-7-6-10(18)8-12(14)19/h2-8H,9H2,1H3. The largest absolute Gasteiger partial charge is 0.483 e. The SMILES string of the molecule is Cn1c(=O)c2ccccc2n2c(COc3ccc(F)cc3F)nnc12. The second-order valence-electron chi connectivity index (χ2n) is 5.50. The fourth-order valence-corrected chi connectivity index (χ4v) is 2.72. The van der Waals surface area contributed by atoms with Crippen molar-refractivity contribution in [1.29, 1.82) is 0 Å². The summed E-state index contributed by atoms with van der Waals surface area (Å²) in [4.78, 5) is 12.4. The van der Waals surface area contributed by atoms with Crippen molar-refractivity contribution in [1.82, 2.24) is 19.2 Å². The van der Waals surface area contributed by atoms with Crippen LogP contribution in [0.3, 0.4) is 0 Å². The maximum Gasteiger partial charge on any atom is 0.262 e. The zero-order valence-electron chi connectivity index (χ0n) is 13.1. The third-order valence-electron chi connectivity index (χ3n) is 3.94. The highest BCUT2D eigenvalue weighted by Crippen LogP contribution is 2.20. The summed E-state index contributed by atoms with van der Waals surface area (Å²) >= 11 is 0. The molecule has 4 aromatic rings. The third-order valence-corrected chi connectivity index (χ3v) is 3.94. The Balaban J connectivity index is 1.82. The van der Waals surface area contributed by atoms with Gasteiger partial charge in [-0.2, -0.15) is 0 Å². The van der Waals surface area contributed by atoms with E-state index in [0.717, 1.165) is 12.1 Å². The van der Waals surface area contributed by atoms with Crippen LogP contribution in [0.25, 0.3) is 16.7 Å². The predicted octanol–water partition coefficient (Wildman–Crippen LogP) is 2.44. The molecule has 0 radical (unpaired) electrons. The molecule has 0 aliphatic carbocycles. The van der Waals surface area contributed by atoms with Crippen LogP contribution in [0.1, 0.15) is 5.82 Å². The van der Waals surface area contributed by atoms with Gasteiger partial charge in [0.15, 0.2) is 17.4 Å². The van der Waals surface area contributed by atoms with Crippen molar-refractivity contribution >= 4 is 16.7 Å². The Hall–Kier alpha value is -3.29. The lowest BCUT2D eigenvalue weighted by Crippen LogP contribution is -2.20. The van der Waals surface area contributed by atoms with Crippen molar-refractivity contribution in [3.8, 4) is 5.75 Å². The molecule has 0 N–H and O–H groups in total. The molecule has 0 unspecified atom stereocenters. The zero-order valence-corrected chi connectivity index (χ0v) is 13.1. The summed E-state index contributed by atoms with van der Waals surface area (Å²) in [7, 11) is 1.60. The van der Waals surface area contributed by atoms with Crippen LogP contribution in [0.4, 0.5) is 8.78 Å². The summed E-state index contributed by atoms with van der Waals surface area (Å²) in [6.45, 7) is -0.0914. The molecular formula is C17H12F2N4O2. The van der Waals surface area contributed by atoms with Gasteiger partial charge in [-0.05, 0) is 24.3 Å². The molecule has 2 aromatic heterocycles. The van der Waals surface area contributed by atoms with Crippen LogP contribution >= 0.6 is 0 Å². The number of fused-ring (bicyclic) bond motifs is 3. The van der Waals surface area contributed by atoms with Gasteiger partial charge in [0.25, 0.3) is 5.56 Å². The van der Waals surface area contributed by atoms with E-state index in [2.05, 4.69) is 10.2 Å². The summed E-state index contributed by atoms with van der Waals surface area (Å²) in [5.74, 6) is -0.829. The molecule has 0 spiro atoms. The lowest BCUT2D eigenvalue weighted by Gasteiger charge is -2.09. The molecule has 126 valence electrons. The number of para-hydroxylation sites is 1. The number of nitrogens with zero attached hydrogens (tertiary/aromatic N) is 4. The smallest absolute Gasteiger partial charge is 0.262 e. The first-order valence-corrected chi connectivity index (χ1v) is 7.46. The Kier molecular flexibility index (Phi) is 3.45. The molecule has 0 bridgehead atoms. The molecule has 0 saturated carbocycles. The molecule has 6 nitrogen and oxygen atoms in total.